The number of nitrogens with two attached hydrogens (primary N) is 1. The Kier molecular flexibility index (Phi) is 6.12. The van der Waals surface area contributed by atoms with E-state index in [1.807, 2.05) is 5.48 Å². The summed E-state index contributed by atoms with van der Waals surface area (Å²) in [5.41, 5.74) is 2.41. The van der Waals surface area contributed by atoms with Gasteiger partial charge in [0, 0.05) is 18.3 Å². The predicted octanol–water partition coefficient (Wildman–Crippen LogP) is 1.40. The van der Waals surface area contributed by atoms with E-state index in [9.17, 15) is 18.0 Å². The Hall–Kier alpha value is -1.58. The van der Waals surface area contributed by atoms with Crippen molar-refractivity contribution in [1.82, 2.24) is 20.1 Å². The maximum absolute atomic E-state index is 13.3. The van der Waals surface area contributed by atoms with Gasteiger partial charge in [-0.05, 0) is 50.9 Å². The lowest BCUT2D eigenvalue weighted by Crippen LogP contribution is -2.35. The molecule has 0 bridgehead atoms. The average Bonchev–Trinajstić information content (AvgIpc) is 3.25. The summed E-state index contributed by atoms with van der Waals surface area (Å²) in [6.07, 6.45) is 0.567. The summed E-state index contributed by atoms with van der Waals surface area (Å²) >= 11 is 4.29. The van der Waals surface area contributed by atoms with Crippen LogP contribution >= 0.6 is 27.7 Å². The number of hydrogen-bond acceptors (Lipinski definition) is 8. The summed E-state index contributed by atoms with van der Waals surface area (Å²) in [6.45, 7) is 0.527. The van der Waals surface area contributed by atoms with Gasteiger partial charge >= 0.3 is 0 Å². The fourth-order valence-electron chi connectivity index (χ4n) is 2.40. The molecule has 3 rings (SSSR count). The van der Waals surface area contributed by atoms with E-state index in [1.54, 1.807) is 0 Å². The number of halogens is 2. The Balaban J connectivity index is 1.80. The first kappa shape index (κ1) is 20.2. The fraction of sp³-hybridized carbons (Fsp3) is 0.308. The van der Waals surface area contributed by atoms with Crippen molar-refractivity contribution in [3.63, 3.8) is 0 Å². The largest absolute Gasteiger partial charge is 0.290 e. The molecule has 2 heterocycles. The molecule has 1 unspecified atom stereocenters. The second-order valence-corrected chi connectivity index (χ2v) is 9.21. The Morgan fingerprint density at radius 2 is 2.30 bits per heavy atom. The Labute approximate surface area is 166 Å². The molecule has 1 atom stereocenters. The molecule has 1 aliphatic heterocycles. The summed E-state index contributed by atoms with van der Waals surface area (Å²) < 4.78 is 42.3. The second-order valence-electron chi connectivity index (χ2n) is 5.52. The molecule has 1 aromatic heterocycles. The summed E-state index contributed by atoms with van der Waals surface area (Å²) in [5.74, 6) is -0.508. The van der Waals surface area contributed by atoms with E-state index in [-0.39, 0.29) is 27.8 Å². The predicted molar refractivity (Wildman–Crippen MR) is 98.5 cm³/mol. The van der Waals surface area contributed by atoms with Crippen LogP contribution in [-0.4, -0.2) is 52.4 Å². The number of rotatable bonds is 5. The lowest BCUT2D eigenvalue weighted by molar-refractivity contribution is 0.234. The van der Waals surface area contributed by atoms with E-state index < -0.39 is 16.0 Å². The number of hydroxylamine groups is 1. The fourth-order valence-corrected chi connectivity index (χ4v) is 4.72. The zero-order valence-electron chi connectivity index (χ0n) is 13.5. The zero-order valence-corrected chi connectivity index (χ0v) is 16.8. The highest BCUT2D eigenvalue weighted by Gasteiger charge is 2.31. The molecule has 4 N–H and O–H groups in total. The van der Waals surface area contributed by atoms with Crippen LogP contribution in [-0.2, 0) is 10.2 Å². The van der Waals surface area contributed by atoms with Gasteiger partial charge in [0.2, 0.25) is 0 Å². The maximum Gasteiger partial charge on any atom is 0.276 e. The first-order valence-electron chi connectivity index (χ1n) is 7.49. The third kappa shape index (κ3) is 4.83. The van der Waals surface area contributed by atoms with Crippen LogP contribution in [0, 0.1) is 5.82 Å². The molecule has 0 saturated carbocycles. The van der Waals surface area contributed by atoms with Crippen LogP contribution in [0.2, 0.25) is 0 Å². The van der Waals surface area contributed by atoms with Gasteiger partial charge in [0.25, 0.3) is 10.2 Å². The van der Waals surface area contributed by atoms with Crippen molar-refractivity contribution in [3.8, 4) is 0 Å². The molecule has 1 saturated heterocycles. The van der Waals surface area contributed by atoms with Gasteiger partial charge in [0.05, 0.1) is 10.2 Å². The summed E-state index contributed by atoms with van der Waals surface area (Å²) in [5, 5.41) is 22.3. The highest BCUT2D eigenvalue weighted by molar-refractivity contribution is 9.10. The molecule has 2 aromatic rings. The van der Waals surface area contributed by atoms with Crippen molar-refractivity contribution in [1.29, 1.82) is 0 Å². The van der Waals surface area contributed by atoms with Gasteiger partial charge in [0.15, 0.2) is 16.6 Å². The van der Waals surface area contributed by atoms with Gasteiger partial charge in [-0.25, -0.2) is 19.2 Å². The minimum Gasteiger partial charge on any atom is -0.290 e. The number of nitrogens with one attached hydrogen (secondary N) is 1. The van der Waals surface area contributed by atoms with E-state index in [1.165, 1.54) is 34.3 Å². The van der Waals surface area contributed by atoms with Crippen molar-refractivity contribution in [2.75, 3.05) is 13.1 Å². The van der Waals surface area contributed by atoms with E-state index in [4.69, 9.17) is 9.77 Å². The number of thioether (sulfide) groups is 1. The second kappa shape index (κ2) is 8.20. The van der Waals surface area contributed by atoms with E-state index in [0.717, 1.165) is 0 Å². The van der Waals surface area contributed by atoms with Crippen LogP contribution in [0.5, 0.6) is 0 Å². The normalized spacial score (nSPS) is 18.8. The Morgan fingerprint density at radius 3 is 2.93 bits per heavy atom. The van der Waals surface area contributed by atoms with E-state index in [0.29, 0.717) is 23.7 Å². The van der Waals surface area contributed by atoms with Crippen molar-refractivity contribution in [2.24, 2.45) is 10.1 Å². The molecule has 1 aromatic carbocycles. The molecule has 0 radical (unpaired) electrons. The van der Waals surface area contributed by atoms with Crippen LogP contribution in [0.4, 0.5) is 10.1 Å². The molecular weight excluding hydrogens is 467 g/mol. The molecule has 0 amide bonds. The molecular formula is C13H14BrFN6O4S2. The Morgan fingerprint density at radius 1 is 1.52 bits per heavy atom. The highest BCUT2D eigenvalue weighted by atomic mass is 79.9. The third-order valence-corrected chi connectivity index (χ3v) is 6.55. The van der Waals surface area contributed by atoms with Gasteiger partial charge in [-0.3, -0.25) is 10.7 Å². The van der Waals surface area contributed by atoms with Crippen LogP contribution in [0.15, 0.2) is 37.3 Å². The molecule has 1 fully saturated rings. The summed E-state index contributed by atoms with van der Waals surface area (Å²) in [7, 11) is -3.74. The smallest absolute Gasteiger partial charge is 0.276 e. The minimum absolute atomic E-state index is 0.0569. The summed E-state index contributed by atoms with van der Waals surface area (Å²) in [6, 6.07) is 4.06. The lowest BCUT2D eigenvalue weighted by Gasteiger charge is -2.12. The van der Waals surface area contributed by atoms with Gasteiger partial charge in [-0.1, -0.05) is 11.8 Å². The third-order valence-electron chi connectivity index (χ3n) is 3.68. The molecule has 14 heteroatoms. The van der Waals surface area contributed by atoms with Crippen LogP contribution < -0.4 is 10.6 Å². The van der Waals surface area contributed by atoms with Gasteiger partial charge in [-0.2, -0.15) is 12.7 Å². The van der Waals surface area contributed by atoms with Gasteiger partial charge < -0.3 is 0 Å². The topological polar surface area (TPSA) is 147 Å². The molecule has 146 valence electrons. The van der Waals surface area contributed by atoms with Crippen molar-refractivity contribution in [3.05, 3.63) is 34.2 Å². The van der Waals surface area contributed by atoms with Crippen LogP contribution in [0.1, 0.15) is 12.1 Å². The van der Waals surface area contributed by atoms with Gasteiger partial charge in [-0.15, -0.1) is 0 Å². The minimum atomic E-state index is -3.74. The zero-order chi connectivity index (χ0) is 19.6. The van der Waals surface area contributed by atoms with Crippen molar-refractivity contribution >= 4 is 49.4 Å². The standard InChI is InChI=1S/C13H14BrFN6O4S2/c14-9-5-7(1-2-10(9)15)17-12(18-22)11-13(20-25-19-11)26-8-3-4-21(6-8)27(16,23)24/h1-2,5,8,22H,3-4,6H2,(H,17,18)(H2,16,23,24). The first-order valence-corrected chi connectivity index (χ1v) is 10.7. The molecule has 10 nitrogen and oxygen atoms in total. The molecule has 0 spiro atoms. The quantitative estimate of drug-likeness (QED) is 0.330. The monoisotopic (exact) mass is 480 g/mol. The molecule has 0 aliphatic carbocycles. The van der Waals surface area contributed by atoms with Gasteiger partial charge in [0.1, 0.15) is 5.82 Å². The van der Waals surface area contributed by atoms with E-state index >= 15 is 0 Å². The number of aromatic nitrogens is 2. The summed E-state index contributed by atoms with van der Waals surface area (Å²) in [4.78, 5) is 4.17. The number of amidine groups is 1. The molecule has 1 aliphatic rings. The highest BCUT2D eigenvalue weighted by Crippen LogP contribution is 2.31. The van der Waals surface area contributed by atoms with E-state index in [2.05, 4.69) is 31.2 Å². The number of nitrogens with zero attached hydrogens (tertiary/aromatic N) is 4. The number of hydrogen-bond donors (Lipinski definition) is 3. The number of benzene rings is 1. The molecule has 27 heavy (non-hydrogen) atoms. The average molecular weight is 481 g/mol. The van der Waals surface area contributed by atoms with Crippen molar-refractivity contribution in [2.45, 2.75) is 16.7 Å². The Bertz CT molecular complexity index is 969. The SMILES string of the molecule is NS(=O)(=O)N1CCC(Sc2nonc2C(=Nc2ccc(F)c(Br)c2)NO)C1. The lowest BCUT2D eigenvalue weighted by atomic mass is 10.3. The van der Waals surface area contributed by atoms with Crippen LogP contribution in [0.3, 0.4) is 0 Å². The maximum atomic E-state index is 13.3. The first-order chi connectivity index (χ1) is 12.8. The number of aliphatic imine (C=N–C) groups is 1. The van der Waals surface area contributed by atoms with Crippen molar-refractivity contribution < 1.29 is 22.6 Å². The van der Waals surface area contributed by atoms with Crippen LogP contribution in [0.25, 0.3) is 0 Å².